The maximum atomic E-state index is 2.40. The number of rotatable bonds is 0. The van der Waals surface area contributed by atoms with E-state index in [2.05, 4.69) is 45.9 Å². The van der Waals surface area contributed by atoms with Crippen molar-refractivity contribution in [2.24, 2.45) is 17.8 Å². The molecule has 0 spiro atoms. The van der Waals surface area contributed by atoms with Crippen LogP contribution in [0.1, 0.15) is 34.1 Å². The van der Waals surface area contributed by atoms with Gasteiger partial charge in [-0.2, -0.15) is 0 Å². The number of hydrogen-bond acceptors (Lipinski definition) is 0. The Hall–Kier alpha value is -0.520. The van der Waals surface area contributed by atoms with Crippen LogP contribution in [0.15, 0.2) is 23.8 Å². The highest BCUT2D eigenvalue weighted by atomic mass is 14.2. The van der Waals surface area contributed by atoms with Gasteiger partial charge in [0, 0.05) is 0 Å². The largest absolute Gasteiger partial charge is 0.0848 e. The van der Waals surface area contributed by atoms with Crippen LogP contribution in [0.4, 0.5) is 0 Å². The summed E-state index contributed by atoms with van der Waals surface area (Å²) in [4.78, 5) is 0. The summed E-state index contributed by atoms with van der Waals surface area (Å²) in [5.74, 6) is 2.17. The van der Waals surface area contributed by atoms with Crippen LogP contribution in [-0.4, -0.2) is 0 Å². The van der Waals surface area contributed by atoms with Crippen molar-refractivity contribution in [1.82, 2.24) is 0 Å². The van der Waals surface area contributed by atoms with Crippen molar-refractivity contribution in [2.75, 3.05) is 0 Å². The quantitative estimate of drug-likeness (QED) is 0.478. The van der Waals surface area contributed by atoms with Crippen LogP contribution in [0.5, 0.6) is 0 Å². The lowest BCUT2D eigenvalue weighted by molar-refractivity contribution is 0.458. The average Bonchev–Trinajstić information content (AvgIpc) is 2.07. The molecule has 0 aromatic carbocycles. The first-order valence-corrected chi connectivity index (χ1v) is 4.96. The van der Waals surface area contributed by atoms with Crippen LogP contribution in [0, 0.1) is 17.8 Å². The van der Waals surface area contributed by atoms with E-state index in [1.807, 2.05) is 0 Å². The standard InChI is InChI=1S/C12H20/c1-9-5-6-11(3)12(4)8-7-10(9)2/h5-7,9,11-12H,8H2,1-4H3. The molecular formula is C12H20. The second-order valence-corrected chi connectivity index (χ2v) is 4.19. The third kappa shape index (κ3) is 2.23. The van der Waals surface area contributed by atoms with Crippen LogP contribution in [0.3, 0.4) is 0 Å². The SMILES string of the molecule is CC1=CCC(C)C(C)C=CC1C. The van der Waals surface area contributed by atoms with Gasteiger partial charge in [0.2, 0.25) is 0 Å². The third-order valence-corrected chi connectivity index (χ3v) is 3.13. The van der Waals surface area contributed by atoms with E-state index >= 15 is 0 Å². The maximum Gasteiger partial charge on any atom is -0.00543 e. The smallest absolute Gasteiger partial charge is 0.00543 e. The van der Waals surface area contributed by atoms with Crippen molar-refractivity contribution in [1.29, 1.82) is 0 Å². The molecule has 0 saturated carbocycles. The molecule has 12 heavy (non-hydrogen) atoms. The van der Waals surface area contributed by atoms with E-state index in [1.54, 1.807) is 0 Å². The van der Waals surface area contributed by atoms with Gasteiger partial charge in [-0.3, -0.25) is 0 Å². The third-order valence-electron chi connectivity index (χ3n) is 3.13. The summed E-state index contributed by atoms with van der Waals surface area (Å²) >= 11 is 0. The van der Waals surface area contributed by atoms with E-state index in [9.17, 15) is 0 Å². The predicted molar refractivity (Wildman–Crippen MR) is 55.0 cm³/mol. The van der Waals surface area contributed by atoms with Crippen molar-refractivity contribution in [3.05, 3.63) is 23.8 Å². The van der Waals surface area contributed by atoms with Gasteiger partial charge in [0.1, 0.15) is 0 Å². The molecule has 0 amide bonds. The summed E-state index contributed by atoms with van der Waals surface area (Å²) in [5, 5.41) is 0. The summed E-state index contributed by atoms with van der Waals surface area (Å²) in [6.45, 7) is 9.14. The molecule has 0 nitrogen and oxygen atoms in total. The van der Waals surface area contributed by atoms with Crippen LogP contribution >= 0.6 is 0 Å². The fourth-order valence-electron chi connectivity index (χ4n) is 1.46. The molecule has 0 aromatic heterocycles. The zero-order valence-electron chi connectivity index (χ0n) is 8.67. The number of hydrogen-bond donors (Lipinski definition) is 0. The first-order valence-electron chi connectivity index (χ1n) is 4.96. The Labute approximate surface area is 76.4 Å². The second-order valence-electron chi connectivity index (χ2n) is 4.19. The fraction of sp³-hybridized carbons (Fsp3) is 0.667. The zero-order chi connectivity index (χ0) is 9.14. The molecule has 3 atom stereocenters. The number of allylic oxidation sites excluding steroid dienone is 4. The zero-order valence-corrected chi connectivity index (χ0v) is 8.67. The van der Waals surface area contributed by atoms with Gasteiger partial charge < -0.3 is 0 Å². The van der Waals surface area contributed by atoms with Gasteiger partial charge in [0.05, 0.1) is 0 Å². The molecule has 1 rings (SSSR count). The molecule has 3 unspecified atom stereocenters. The highest BCUT2D eigenvalue weighted by Crippen LogP contribution is 2.24. The lowest BCUT2D eigenvalue weighted by Crippen LogP contribution is -2.07. The maximum absolute atomic E-state index is 2.40. The van der Waals surface area contributed by atoms with Crippen molar-refractivity contribution >= 4 is 0 Å². The highest BCUT2D eigenvalue weighted by Gasteiger charge is 2.11. The normalized spacial score (nSPS) is 37.0. The predicted octanol–water partition coefficient (Wildman–Crippen LogP) is 3.80. The van der Waals surface area contributed by atoms with Crippen LogP contribution in [0.25, 0.3) is 0 Å². The van der Waals surface area contributed by atoms with Crippen LogP contribution in [-0.2, 0) is 0 Å². The molecule has 0 N–H and O–H groups in total. The van der Waals surface area contributed by atoms with Gasteiger partial charge in [-0.05, 0) is 31.1 Å². The molecule has 0 bridgehead atoms. The van der Waals surface area contributed by atoms with E-state index < -0.39 is 0 Å². The average molecular weight is 164 g/mol. The first-order chi connectivity index (χ1) is 5.61. The summed E-state index contributed by atoms with van der Waals surface area (Å²) < 4.78 is 0. The molecule has 0 radical (unpaired) electrons. The summed E-state index contributed by atoms with van der Waals surface area (Å²) in [6, 6.07) is 0. The van der Waals surface area contributed by atoms with Gasteiger partial charge in [-0.1, -0.05) is 44.6 Å². The fourth-order valence-corrected chi connectivity index (χ4v) is 1.46. The molecule has 0 heterocycles. The summed E-state index contributed by atoms with van der Waals surface area (Å²) in [6.07, 6.45) is 8.34. The second kappa shape index (κ2) is 3.93. The molecule has 0 saturated heterocycles. The van der Waals surface area contributed by atoms with Gasteiger partial charge in [-0.25, -0.2) is 0 Å². The van der Waals surface area contributed by atoms with Crippen molar-refractivity contribution in [3.8, 4) is 0 Å². The van der Waals surface area contributed by atoms with Crippen LogP contribution in [0.2, 0.25) is 0 Å². The first kappa shape index (κ1) is 9.57. The van der Waals surface area contributed by atoms with E-state index in [0.717, 1.165) is 11.8 Å². The van der Waals surface area contributed by atoms with Gasteiger partial charge in [-0.15, -0.1) is 0 Å². The van der Waals surface area contributed by atoms with Gasteiger partial charge >= 0.3 is 0 Å². The van der Waals surface area contributed by atoms with E-state index in [1.165, 1.54) is 12.0 Å². The summed E-state index contributed by atoms with van der Waals surface area (Å²) in [5.41, 5.74) is 1.52. The molecule has 1 aliphatic carbocycles. The molecule has 0 aliphatic heterocycles. The topological polar surface area (TPSA) is 0 Å². The monoisotopic (exact) mass is 164 g/mol. The highest BCUT2D eigenvalue weighted by molar-refractivity contribution is 5.12. The van der Waals surface area contributed by atoms with Gasteiger partial charge in [0.25, 0.3) is 0 Å². The summed E-state index contributed by atoms with van der Waals surface area (Å²) in [7, 11) is 0. The Morgan fingerprint density at radius 2 is 1.83 bits per heavy atom. The minimum Gasteiger partial charge on any atom is -0.0848 e. The van der Waals surface area contributed by atoms with Crippen LogP contribution < -0.4 is 0 Å². The van der Waals surface area contributed by atoms with Gasteiger partial charge in [0.15, 0.2) is 0 Å². The molecule has 0 fully saturated rings. The van der Waals surface area contributed by atoms with E-state index in [-0.39, 0.29) is 0 Å². The lowest BCUT2D eigenvalue weighted by Gasteiger charge is -2.19. The van der Waals surface area contributed by atoms with Crippen molar-refractivity contribution in [3.63, 3.8) is 0 Å². The Bertz CT molecular complexity index is 198. The minimum absolute atomic E-state index is 0.639. The Morgan fingerprint density at radius 3 is 2.50 bits per heavy atom. The molecule has 0 heteroatoms. The minimum atomic E-state index is 0.639. The Balaban J connectivity index is 2.74. The molecular weight excluding hydrogens is 144 g/mol. The molecule has 1 aliphatic rings. The Morgan fingerprint density at radius 1 is 1.17 bits per heavy atom. The molecule has 0 aromatic rings. The van der Waals surface area contributed by atoms with Crippen molar-refractivity contribution < 1.29 is 0 Å². The van der Waals surface area contributed by atoms with Crippen molar-refractivity contribution in [2.45, 2.75) is 34.1 Å². The molecule has 68 valence electrons. The van der Waals surface area contributed by atoms with E-state index in [4.69, 9.17) is 0 Å². The lowest BCUT2D eigenvalue weighted by atomic mass is 9.86. The van der Waals surface area contributed by atoms with E-state index in [0.29, 0.717) is 5.92 Å². The Kier molecular flexibility index (Phi) is 3.13.